The number of aromatic nitrogens is 2. The van der Waals surface area contributed by atoms with Crippen LogP contribution >= 0.6 is 0 Å². The first-order valence-electron chi connectivity index (χ1n) is 12.8. The van der Waals surface area contributed by atoms with Gasteiger partial charge in [-0.3, -0.25) is 24.3 Å². The van der Waals surface area contributed by atoms with Crippen molar-refractivity contribution < 1.29 is 19.1 Å². The van der Waals surface area contributed by atoms with Gasteiger partial charge < -0.3 is 14.8 Å². The zero-order valence-corrected chi connectivity index (χ0v) is 22.4. The average molecular weight is 517 g/mol. The van der Waals surface area contributed by atoms with E-state index in [-0.39, 0.29) is 30.6 Å². The van der Waals surface area contributed by atoms with Gasteiger partial charge >= 0.3 is 6.03 Å². The summed E-state index contributed by atoms with van der Waals surface area (Å²) in [6, 6.07) is 8.83. The van der Waals surface area contributed by atoms with Crippen LogP contribution in [0.2, 0.25) is 0 Å². The number of benzene rings is 1. The molecule has 1 fully saturated rings. The highest BCUT2D eigenvalue weighted by molar-refractivity contribution is 6.11. The number of fused-ring (bicyclic) bond motifs is 2. The second kappa shape index (κ2) is 8.29. The summed E-state index contributed by atoms with van der Waals surface area (Å²) in [6.45, 7) is 7.70. The fourth-order valence-electron chi connectivity index (χ4n) is 6.08. The molecule has 4 heterocycles. The van der Waals surface area contributed by atoms with Crippen molar-refractivity contribution in [1.29, 1.82) is 0 Å². The first-order valence-corrected chi connectivity index (χ1v) is 12.8. The summed E-state index contributed by atoms with van der Waals surface area (Å²) in [5.74, 6) is 0.934. The summed E-state index contributed by atoms with van der Waals surface area (Å²) in [5, 5.41) is 7.41. The third-order valence-corrected chi connectivity index (χ3v) is 7.89. The molecule has 4 atom stereocenters. The van der Waals surface area contributed by atoms with Crippen LogP contribution in [0.1, 0.15) is 50.9 Å². The van der Waals surface area contributed by atoms with E-state index >= 15 is 0 Å². The van der Waals surface area contributed by atoms with Crippen molar-refractivity contribution in [1.82, 2.24) is 24.9 Å². The van der Waals surface area contributed by atoms with Gasteiger partial charge in [-0.15, -0.1) is 0 Å². The summed E-state index contributed by atoms with van der Waals surface area (Å²) in [4.78, 5) is 35.9. The SMILES string of the molecule is COC1(C)C=C(OC(C)C)C2(C)C3=N[C@@H](c4ccccc4)[C@@H](c4cnn(C)c4)N3C(=O)N3CC(=O)NC1=C32. The molecule has 1 aromatic heterocycles. The molecule has 198 valence electrons. The summed E-state index contributed by atoms with van der Waals surface area (Å²) < 4.78 is 14.1. The summed E-state index contributed by atoms with van der Waals surface area (Å²) >= 11 is 0. The summed E-state index contributed by atoms with van der Waals surface area (Å²) in [7, 11) is 3.43. The van der Waals surface area contributed by atoms with Gasteiger partial charge in [0.15, 0.2) is 0 Å². The average Bonchev–Trinajstić information content (AvgIpc) is 3.50. The van der Waals surface area contributed by atoms with Gasteiger partial charge in [0.2, 0.25) is 5.91 Å². The Kier molecular flexibility index (Phi) is 5.33. The number of amidine groups is 1. The molecule has 0 saturated carbocycles. The number of ether oxygens (including phenoxy) is 2. The van der Waals surface area contributed by atoms with Gasteiger partial charge in [0, 0.05) is 25.9 Å². The van der Waals surface area contributed by atoms with Crippen molar-refractivity contribution >= 4 is 17.8 Å². The van der Waals surface area contributed by atoms with E-state index < -0.39 is 17.1 Å². The molecule has 1 saturated heterocycles. The minimum absolute atomic E-state index is 0.110. The fraction of sp³-hybridized carbons (Fsp3) is 0.429. The van der Waals surface area contributed by atoms with Gasteiger partial charge in [-0.1, -0.05) is 30.3 Å². The molecule has 3 amide bonds. The first kappa shape index (κ1) is 24.4. The van der Waals surface area contributed by atoms with Crippen LogP contribution in [0.3, 0.4) is 0 Å². The third-order valence-electron chi connectivity index (χ3n) is 7.89. The van der Waals surface area contributed by atoms with E-state index in [9.17, 15) is 9.59 Å². The van der Waals surface area contributed by atoms with Gasteiger partial charge in [-0.25, -0.2) is 4.79 Å². The lowest BCUT2D eigenvalue weighted by molar-refractivity contribution is -0.123. The normalized spacial score (nSPS) is 30.2. The number of rotatable bonds is 5. The molecule has 1 N–H and O–H groups in total. The second-order valence-electron chi connectivity index (χ2n) is 10.8. The monoisotopic (exact) mass is 516 g/mol. The van der Waals surface area contributed by atoms with Crippen LogP contribution < -0.4 is 5.32 Å². The van der Waals surface area contributed by atoms with Crippen LogP contribution in [-0.2, 0) is 21.3 Å². The first-order chi connectivity index (χ1) is 18.1. The Balaban J connectivity index is 1.63. The highest BCUT2D eigenvalue weighted by Crippen LogP contribution is 2.57. The number of carbonyl (C=O) groups excluding carboxylic acids is 2. The van der Waals surface area contributed by atoms with Gasteiger partial charge in [-0.2, -0.15) is 5.10 Å². The maximum absolute atomic E-state index is 14.4. The zero-order valence-electron chi connectivity index (χ0n) is 22.4. The van der Waals surface area contributed by atoms with Crippen molar-refractivity contribution in [2.24, 2.45) is 17.5 Å². The van der Waals surface area contributed by atoms with Crippen LogP contribution in [0.5, 0.6) is 0 Å². The lowest BCUT2D eigenvalue weighted by Crippen LogP contribution is -2.66. The Morgan fingerprint density at radius 2 is 1.87 bits per heavy atom. The van der Waals surface area contributed by atoms with Gasteiger partial charge in [0.05, 0.1) is 29.7 Å². The Morgan fingerprint density at radius 3 is 2.50 bits per heavy atom. The number of nitrogens with zero attached hydrogens (tertiary/aromatic N) is 5. The Morgan fingerprint density at radius 1 is 1.13 bits per heavy atom. The van der Waals surface area contributed by atoms with Crippen molar-refractivity contribution in [2.75, 3.05) is 13.7 Å². The van der Waals surface area contributed by atoms with E-state index in [1.54, 1.807) is 27.8 Å². The van der Waals surface area contributed by atoms with E-state index in [1.165, 1.54) is 0 Å². The summed E-state index contributed by atoms with van der Waals surface area (Å²) in [6.07, 6.45) is 5.46. The molecule has 6 rings (SSSR count). The number of methoxy groups -OCH3 is 1. The third kappa shape index (κ3) is 3.29. The number of carbonyl (C=O) groups is 2. The second-order valence-corrected chi connectivity index (χ2v) is 10.8. The number of aliphatic imine (C=N–C) groups is 1. The van der Waals surface area contributed by atoms with Crippen LogP contribution in [0.25, 0.3) is 0 Å². The van der Waals surface area contributed by atoms with E-state index in [1.807, 2.05) is 77.3 Å². The molecule has 10 heteroatoms. The summed E-state index contributed by atoms with van der Waals surface area (Å²) in [5.41, 5.74) is 1.05. The van der Waals surface area contributed by atoms with Crippen LogP contribution in [-0.4, -0.2) is 62.7 Å². The van der Waals surface area contributed by atoms with Crippen molar-refractivity contribution in [3.8, 4) is 0 Å². The van der Waals surface area contributed by atoms with Crippen molar-refractivity contribution in [3.63, 3.8) is 0 Å². The number of aryl methyl sites for hydroxylation is 1. The highest BCUT2D eigenvalue weighted by atomic mass is 16.5. The van der Waals surface area contributed by atoms with E-state index in [0.717, 1.165) is 11.1 Å². The topological polar surface area (TPSA) is 101 Å². The molecular formula is C28H32N6O4. The fourth-order valence-corrected chi connectivity index (χ4v) is 6.08. The molecular weight excluding hydrogens is 484 g/mol. The Labute approximate surface area is 221 Å². The molecule has 4 aliphatic rings. The molecule has 38 heavy (non-hydrogen) atoms. The molecule has 2 unspecified atom stereocenters. The smallest absolute Gasteiger partial charge is 0.330 e. The molecule has 3 aliphatic heterocycles. The standard InChI is InChI=1S/C28H32N6O4/c1-16(2)38-19-12-27(3,37-6)23-24-28(19,4)25-31-21(17-10-8-7-9-11-17)22(18-13-29-32(5)14-18)34(25)26(36)33(24)15-20(35)30-23/h7-14,16,21-22H,15H2,1-6H3,(H,30,35)/t21-,22+,27?,28?/m0/s1. The predicted molar refractivity (Wildman–Crippen MR) is 140 cm³/mol. The lowest BCUT2D eigenvalue weighted by atomic mass is 9.71. The van der Waals surface area contributed by atoms with Crippen LogP contribution in [0, 0.1) is 5.41 Å². The van der Waals surface area contributed by atoms with Gasteiger partial charge in [0.1, 0.15) is 35.2 Å². The molecule has 0 radical (unpaired) electrons. The lowest BCUT2D eigenvalue weighted by Gasteiger charge is -2.54. The molecule has 1 aliphatic carbocycles. The number of nitrogens with one attached hydrogen (secondary N) is 1. The minimum Gasteiger partial charge on any atom is -0.494 e. The predicted octanol–water partition coefficient (Wildman–Crippen LogP) is 3.43. The Bertz CT molecular complexity index is 1430. The molecule has 2 aromatic rings. The van der Waals surface area contributed by atoms with Crippen molar-refractivity contribution in [2.45, 2.75) is 51.5 Å². The van der Waals surface area contributed by atoms with Crippen LogP contribution in [0.15, 0.2) is 70.9 Å². The minimum atomic E-state index is -1.00. The maximum atomic E-state index is 14.4. The van der Waals surface area contributed by atoms with Gasteiger partial charge in [-0.05, 0) is 39.3 Å². The van der Waals surface area contributed by atoms with E-state index in [4.69, 9.17) is 14.5 Å². The Hall–Kier alpha value is -3.92. The maximum Gasteiger partial charge on any atom is 0.330 e. The number of hydrogen-bond donors (Lipinski definition) is 1. The van der Waals surface area contributed by atoms with E-state index in [0.29, 0.717) is 23.0 Å². The quantitative estimate of drug-likeness (QED) is 0.656. The molecule has 10 nitrogen and oxygen atoms in total. The number of amides is 3. The van der Waals surface area contributed by atoms with E-state index in [2.05, 4.69) is 10.4 Å². The number of hydrogen-bond acceptors (Lipinski definition) is 6. The largest absolute Gasteiger partial charge is 0.494 e. The van der Waals surface area contributed by atoms with Gasteiger partial charge in [0.25, 0.3) is 0 Å². The molecule has 1 aromatic carbocycles. The zero-order chi connectivity index (χ0) is 27.0. The van der Waals surface area contributed by atoms with Crippen LogP contribution in [0.4, 0.5) is 4.79 Å². The van der Waals surface area contributed by atoms with Crippen molar-refractivity contribution in [3.05, 3.63) is 77.1 Å². The molecule has 0 bridgehead atoms. The highest BCUT2D eigenvalue weighted by Gasteiger charge is 2.63. The number of urea groups is 1. The molecule has 0 spiro atoms.